The third-order valence-corrected chi connectivity index (χ3v) is 3.06. The Labute approximate surface area is 100 Å². The van der Waals surface area contributed by atoms with Crippen molar-refractivity contribution in [3.8, 4) is 11.9 Å². The monoisotopic (exact) mass is 230 g/mol. The van der Waals surface area contributed by atoms with Gasteiger partial charge in [-0.2, -0.15) is 5.26 Å². The molecule has 1 aromatic rings. The molecule has 1 aromatic heterocycles. The van der Waals surface area contributed by atoms with Crippen molar-refractivity contribution in [2.24, 2.45) is 5.92 Å². The van der Waals surface area contributed by atoms with E-state index in [0.29, 0.717) is 11.4 Å². The highest BCUT2D eigenvalue weighted by molar-refractivity contribution is 5.53. The average molecular weight is 230 g/mol. The van der Waals surface area contributed by atoms with Crippen LogP contribution in [0.25, 0.3) is 0 Å². The first-order valence-electron chi connectivity index (χ1n) is 5.80. The Morgan fingerprint density at radius 2 is 2.12 bits per heavy atom. The Morgan fingerprint density at radius 3 is 2.65 bits per heavy atom. The molecule has 0 bridgehead atoms. The van der Waals surface area contributed by atoms with E-state index in [1.54, 1.807) is 12.1 Å². The fourth-order valence-electron chi connectivity index (χ4n) is 2.03. The minimum Gasteiger partial charge on any atom is -0.474 e. The number of pyridine rings is 1. The summed E-state index contributed by atoms with van der Waals surface area (Å²) in [5.74, 6) is 0.752. The minimum atomic E-state index is 0.145. The van der Waals surface area contributed by atoms with E-state index >= 15 is 0 Å². The molecule has 0 unspecified atom stereocenters. The third-order valence-electron chi connectivity index (χ3n) is 3.06. The zero-order chi connectivity index (χ0) is 12.1. The van der Waals surface area contributed by atoms with E-state index in [2.05, 4.69) is 4.98 Å². The SMILES string of the molecule is N#Cc1ccc(OC2CCC(C=O)CC2)nc1. The van der Waals surface area contributed by atoms with Crippen LogP contribution in [0, 0.1) is 17.2 Å². The summed E-state index contributed by atoms with van der Waals surface area (Å²) < 4.78 is 5.71. The number of hydrogen-bond donors (Lipinski definition) is 0. The van der Waals surface area contributed by atoms with E-state index in [0.717, 1.165) is 32.0 Å². The van der Waals surface area contributed by atoms with Crippen molar-refractivity contribution in [2.75, 3.05) is 0 Å². The van der Waals surface area contributed by atoms with Gasteiger partial charge in [-0.25, -0.2) is 4.98 Å². The normalized spacial score (nSPS) is 23.7. The predicted molar refractivity (Wildman–Crippen MR) is 61.4 cm³/mol. The standard InChI is InChI=1S/C13H14N2O2/c14-7-11-3-6-13(15-8-11)17-12-4-1-10(9-16)2-5-12/h3,6,8-10,12H,1-2,4-5H2. The molecule has 0 aliphatic heterocycles. The van der Waals surface area contributed by atoms with Gasteiger partial charge in [0.05, 0.1) is 5.56 Å². The molecule has 0 radical (unpaired) electrons. The van der Waals surface area contributed by atoms with E-state index in [4.69, 9.17) is 10.00 Å². The van der Waals surface area contributed by atoms with Crippen LogP contribution in [0.5, 0.6) is 5.88 Å². The molecule has 0 saturated heterocycles. The summed E-state index contributed by atoms with van der Waals surface area (Å²) >= 11 is 0. The molecule has 1 aliphatic carbocycles. The summed E-state index contributed by atoms with van der Waals surface area (Å²) in [6.45, 7) is 0. The first-order chi connectivity index (χ1) is 8.31. The van der Waals surface area contributed by atoms with Gasteiger partial charge in [0.15, 0.2) is 0 Å². The second kappa shape index (κ2) is 5.44. The maximum Gasteiger partial charge on any atom is 0.213 e. The van der Waals surface area contributed by atoms with Crippen LogP contribution in [0.1, 0.15) is 31.2 Å². The number of hydrogen-bond acceptors (Lipinski definition) is 4. The largest absolute Gasteiger partial charge is 0.474 e. The number of nitriles is 1. The molecule has 0 amide bonds. The molecule has 0 N–H and O–H groups in total. The lowest BCUT2D eigenvalue weighted by atomic mass is 9.88. The van der Waals surface area contributed by atoms with E-state index < -0.39 is 0 Å². The van der Waals surface area contributed by atoms with Gasteiger partial charge in [0.1, 0.15) is 18.5 Å². The molecule has 0 aromatic carbocycles. The number of aldehydes is 1. The predicted octanol–water partition coefficient (Wildman–Crippen LogP) is 2.09. The Kier molecular flexibility index (Phi) is 3.71. The Morgan fingerprint density at radius 1 is 1.35 bits per heavy atom. The molecule has 1 heterocycles. The molecule has 88 valence electrons. The van der Waals surface area contributed by atoms with E-state index in [1.807, 2.05) is 6.07 Å². The minimum absolute atomic E-state index is 0.145. The molecular weight excluding hydrogens is 216 g/mol. The summed E-state index contributed by atoms with van der Waals surface area (Å²) in [5, 5.41) is 8.64. The van der Waals surface area contributed by atoms with Crippen LogP contribution < -0.4 is 4.74 Å². The molecule has 2 rings (SSSR count). The van der Waals surface area contributed by atoms with Gasteiger partial charge < -0.3 is 9.53 Å². The van der Waals surface area contributed by atoms with Gasteiger partial charge in [0.25, 0.3) is 0 Å². The Bertz CT molecular complexity index is 414. The van der Waals surface area contributed by atoms with Gasteiger partial charge in [-0.05, 0) is 31.7 Å². The maximum atomic E-state index is 10.6. The van der Waals surface area contributed by atoms with E-state index in [-0.39, 0.29) is 12.0 Å². The van der Waals surface area contributed by atoms with E-state index in [1.165, 1.54) is 6.20 Å². The first kappa shape index (κ1) is 11.6. The van der Waals surface area contributed by atoms with Crippen LogP contribution >= 0.6 is 0 Å². The number of carbonyl (C=O) groups excluding carboxylic acids is 1. The second-order valence-corrected chi connectivity index (χ2v) is 4.29. The highest BCUT2D eigenvalue weighted by Gasteiger charge is 2.22. The van der Waals surface area contributed by atoms with Crippen LogP contribution in [0.2, 0.25) is 0 Å². The molecule has 1 saturated carbocycles. The molecular formula is C13H14N2O2. The van der Waals surface area contributed by atoms with Gasteiger partial charge in [-0.15, -0.1) is 0 Å². The van der Waals surface area contributed by atoms with Gasteiger partial charge in [0.2, 0.25) is 5.88 Å². The summed E-state index contributed by atoms with van der Waals surface area (Å²) in [7, 11) is 0. The number of nitrogens with zero attached hydrogens (tertiary/aromatic N) is 2. The first-order valence-corrected chi connectivity index (χ1v) is 5.80. The van der Waals surface area contributed by atoms with Crippen molar-refractivity contribution in [1.82, 2.24) is 4.98 Å². The van der Waals surface area contributed by atoms with Gasteiger partial charge in [-0.3, -0.25) is 0 Å². The van der Waals surface area contributed by atoms with Crippen molar-refractivity contribution in [3.05, 3.63) is 23.9 Å². The highest BCUT2D eigenvalue weighted by atomic mass is 16.5. The lowest BCUT2D eigenvalue weighted by Gasteiger charge is -2.25. The van der Waals surface area contributed by atoms with Gasteiger partial charge in [0, 0.05) is 18.2 Å². The van der Waals surface area contributed by atoms with Crippen molar-refractivity contribution >= 4 is 6.29 Å². The topological polar surface area (TPSA) is 63.0 Å². The van der Waals surface area contributed by atoms with Crippen LogP contribution in [0.3, 0.4) is 0 Å². The summed E-state index contributed by atoms with van der Waals surface area (Å²) in [6.07, 6.45) is 6.26. The zero-order valence-electron chi connectivity index (χ0n) is 9.50. The van der Waals surface area contributed by atoms with Crippen molar-refractivity contribution < 1.29 is 9.53 Å². The highest BCUT2D eigenvalue weighted by Crippen LogP contribution is 2.25. The summed E-state index contributed by atoms with van der Waals surface area (Å²) in [6, 6.07) is 5.42. The fraction of sp³-hybridized carbons (Fsp3) is 0.462. The fourth-order valence-corrected chi connectivity index (χ4v) is 2.03. The summed E-state index contributed by atoms with van der Waals surface area (Å²) in [5.41, 5.74) is 0.530. The van der Waals surface area contributed by atoms with Crippen molar-refractivity contribution in [2.45, 2.75) is 31.8 Å². The molecule has 1 fully saturated rings. The lowest BCUT2D eigenvalue weighted by molar-refractivity contribution is -0.112. The molecule has 4 nitrogen and oxygen atoms in total. The molecule has 1 aliphatic rings. The quantitative estimate of drug-likeness (QED) is 0.746. The average Bonchev–Trinajstić information content (AvgIpc) is 2.40. The number of aromatic nitrogens is 1. The van der Waals surface area contributed by atoms with Crippen LogP contribution in [-0.2, 0) is 4.79 Å². The van der Waals surface area contributed by atoms with Gasteiger partial charge in [-0.1, -0.05) is 0 Å². The van der Waals surface area contributed by atoms with Crippen LogP contribution in [-0.4, -0.2) is 17.4 Å². The van der Waals surface area contributed by atoms with Gasteiger partial charge >= 0.3 is 0 Å². The third kappa shape index (κ3) is 3.04. The Hall–Kier alpha value is -1.89. The molecule has 0 spiro atoms. The van der Waals surface area contributed by atoms with E-state index in [9.17, 15) is 4.79 Å². The van der Waals surface area contributed by atoms with Crippen molar-refractivity contribution in [3.63, 3.8) is 0 Å². The maximum absolute atomic E-state index is 10.6. The number of rotatable bonds is 3. The van der Waals surface area contributed by atoms with Crippen molar-refractivity contribution in [1.29, 1.82) is 5.26 Å². The number of carbonyl (C=O) groups is 1. The number of ether oxygens (including phenoxy) is 1. The second-order valence-electron chi connectivity index (χ2n) is 4.29. The lowest BCUT2D eigenvalue weighted by Crippen LogP contribution is -2.24. The zero-order valence-corrected chi connectivity index (χ0v) is 9.50. The van der Waals surface area contributed by atoms with Crippen LogP contribution in [0.15, 0.2) is 18.3 Å². The molecule has 4 heteroatoms. The Balaban J connectivity index is 1.89. The molecule has 17 heavy (non-hydrogen) atoms. The van der Waals surface area contributed by atoms with Crippen LogP contribution in [0.4, 0.5) is 0 Å². The smallest absolute Gasteiger partial charge is 0.213 e. The molecule has 0 atom stereocenters. The summed E-state index contributed by atoms with van der Waals surface area (Å²) in [4.78, 5) is 14.7.